The molecule has 0 aliphatic rings. The summed E-state index contributed by atoms with van der Waals surface area (Å²) in [6.07, 6.45) is -4.61. The van der Waals surface area contributed by atoms with E-state index in [1.807, 2.05) is 0 Å². The molecule has 0 spiro atoms. The smallest absolute Gasteiger partial charge is 0.416 e. The van der Waals surface area contributed by atoms with E-state index in [-0.39, 0.29) is 21.6 Å². The summed E-state index contributed by atoms with van der Waals surface area (Å²) in [5, 5.41) is 10.7. The van der Waals surface area contributed by atoms with Crippen molar-refractivity contribution in [2.24, 2.45) is 0 Å². The second kappa shape index (κ2) is 9.29. The van der Waals surface area contributed by atoms with Gasteiger partial charge in [-0.1, -0.05) is 48.2 Å². The second-order valence-corrected chi connectivity index (χ2v) is 9.03. The third-order valence-corrected chi connectivity index (χ3v) is 6.60. The van der Waals surface area contributed by atoms with E-state index in [2.05, 4.69) is 0 Å². The van der Waals surface area contributed by atoms with E-state index in [1.165, 1.54) is 47.0 Å². The van der Waals surface area contributed by atoms with Gasteiger partial charge in [0.15, 0.2) is 5.75 Å². The average Bonchev–Trinajstić information content (AvgIpc) is 2.87. The van der Waals surface area contributed by atoms with Crippen molar-refractivity contribution in [2.45, 2.75) is 16.0 Å². The highest BCUT2D eigenvalue weighted by molar-refractivity contribution is 7.99. The van der Waals surface area contributed by atoms with Gasteiger partial charge in [-0.25, -0.2) is 9.18 Å². The molecule has 0 amide bonds. The second-order valence-electron chi connectivity index (χ2n) is 7.95. The number of benzene rings is 3. The van der Waals surface area contributed by atoms with Gasteiger partial charge in [-0.2, -0.15) is 13.2 Å². The summed E-state index contributed by atoms with van der Waals surface area (Å²) in [6.45, 7) is 0. The molecule has 0 fully saturated rings. The number of aromatic hydroxyl groups is 1. The lowest BCUT2D eigenvalue weighted by atomic mass is 10.1. The van der Waals surface area contributed by atoms with Gasteiger partial charge in [0.25, 0.3) is 5.56 Å². The van der Waals surface area contributed by atoms with E-state index in [4.69, 9.17) is 4.42 Å². The van der Waals surface area contributed by atoms with E-state index in [0.29, 0.717) is 23.0 Å². The Morgan fingerprint density at radius 2 is 1.57 bits per heavy atom. The standard InChI is InChI=1S/C27H15F4NO4S/c28-17-9-11-18(12-10-17)32-20(15-5-2-1-3-6-15)14-21-22(25(32)34)23(33)24(26(35)36-21)37-19-8-4-7-16(13-19)27(29,30)31/h1-14,33H. The predicted molar refractivity (Wildman–Crippen MR) is 131 cm³/mol. The van der Waals surface area contributed by atoms with Crippen molar-refractivity contribution in [3.63, 3.8) is 0 Å². The molecule has 3 aromatic carbocycles. The molecule has 0 saturated carbocycles. The van der Waals surface area contributed by atoms with Gasteiger partial charge in [-0.05, 0) is 48.0 Å². The maximum absolute atomic E-state index is 13.7. The Labute approximate surface area is 210 Å². The molecule has 0 atom stereocenters. The average molecular weight is 525 g/mol. The van der Waals surface area contributed by atoms with E-state index >= 15 is 0 Å². The molecule has 2 aromatic heterocycles. The zero-order valence-electron chi connectivity index (χ0n) is 18.6. The fourth-order valence-corrected chi connectivity index (χ4v) is 4.75. The summed E-state index contributed by atoms with van der Waals surface area (Å²) in [6, 6.07) is 19.4. The number of pyridine rings is 1. The van der Waals surface area contributed by atoms with Crippen molar-refractivity contribution in [3.05, 3.63) is 117 Å². The third-order valence-electron chi connectivity index (χ3n) is 5.55. The van der Waals surface area contributed by atoms with Gasteiger partial charge in [0, 0.05) is 16.6 Å². The molecule has 5 nitrogen and oxygen atoms in total. The van der Waals surface area contributed by atoms with Crippen LogP contribution in [0, 0.1) is 5.82 Å². The van der Waals surface area contributed by atoms with E-state index < -0.39 is 39.4 Å². The van der Waals surface area contributed by atoms with Gasteiger partial charge in [0.05, 0.1) is 11.3 Å². The molecule has 0 aliphatic carbocycles. The molecular formula is C27H15F4NO4S. The molecule has 186 valence electrons. The van der Waals surface area contributed by atoms with Gasteiger partial charge < -0.3 is 9.52 Å². The van der Waals surface area contributed by atoms with Crippen molar-refractivity contribution in [2.75, 3.05) is 0 Å². The van der Waals surface area contributed by atoms with Crippen LogP contribution in [0.4, 0.5) is 17.6 Å². The van der Waals surface area contributed by atoms with Crippen LogP contribution in [0.15, 0.2) is 109 Å². The van der Waals surface area contributed by atoms with Gasteiger partial charge in [-0.15, -0.1) is 0 Å². The summed E-state index contributed by atoms with van der Waals surface area (Å²) in [5.41, 5.74) is -1.77. The highest BCUT2D eigenvalue weighted by atomic mass is 32.2. The van der Waals surface area contributed by atoms with Gasteiger partial charge in [0.2, 0.25) is 0 Å². The summed E-state index contributed by atoms with van der Waals surface area (Å²) in [4.78, 5) is 26.1. The van der Waals surface area contributed by atoms with Crippen LogP contribution in [0.1, 0.15) is 5.56 Å². The Kier molecular flexibility index (Phi) is 6.12. The lowest BCUT2D eigenvalue weighted by molar-refractivity contribution is -0.137. The molecule has 0 bridgehead atoms. The molecular weight excluding hydrogens is 510 g/mol. The van der Waals surface area contributed by atoms with E-state index in [0.717, 1.165) is 12.1 Å². The first-order valence-corrected chi connectivity index (χ1v) is 11.6. The fraction of sp³-hybridized carbons (Fsp3) is 0.0370. The Morgan fingerprint density at radius 3 is 2.24 bits per heavy atom. The number of fused-ring (bicyclic) bond motifs is 1. The quantitative estimate of drug-likeness (QED) is 0.267. The molecule has 0 radical (unpaired) electrons. The van der Waals surface area contributed by atoms with Crippen LogP contribution in [0.25, 0.3) is 27.9 Å². The first kappa shape index (κ1) is 24.4. The minimum atomic E-state index is -4.61. The third kappa shape index (κ3) is 4.63. The monoisotopic (exact) mass is 525 g/mol. The molecule has 0 unspecified atom stereocenters. The van der Waals surface area contributed by atoms with Crippen LogP contribution in [-0.4, -0.2) is 9.67 Å². The maximum atomic E-state index is 13.7. The van der Waals surface area contributed by atoms with E-state index in [9.17, 15) is 32.3 Å². The van der Waals surface area contributed by atoms with Gasteiger partial charge >= 0.3 is 11.8 Å². The predicted octanol–water partition coefficient (Wildman–Crippen LogP) is 6.63. The van der Waals surface area contributed by atoms with Gasteiger partial charge in [-0.3, -0.25) is 9.36 Å². The number of hydrogen-bond donors (Lipinski definition) is 1. The molecule has 10 heteroatoms. The number of alkyl halides is 3. The largest absolute Gasteiger partial charge is 0.505 e. The van der Waals surface area contributed by atoms with E-state index in [1.54, 1.807) is 30.3 Å². The summed E-state index contributed by atoms with van der Waals surface area (Å²) in [5.74, 6) is -1.25. The number of aromatic nitrogens is 1. The van der Waals surface area contributed by atoms with Crippen LogP contribution in [0.2, 0.25) is 0 Å². The molecule has 5 aromatic rings. The minimum absolute atomic E-state index is 0.0107. The van der Waals surface area contributed by atoms with Crippen molar-refractivity contribution >= 4 is 22.7 Å². The molecule has 0 saturated heterocycles. The van der Waals surface area contributed by atoms with Crippen molar-refractivity contribution < 1.29 is 27.1 Å². The number of nitrogens with zero attached hydrogens (tertiary/aromatic N) is 1. The fourth-order valence-electron chi connectivity index (χ4n) is 3.85. The lowest BCUT2D eigenvalue weighted by Crippen LogP contribution is -2.21. The molecule has 37 heavy (non-hydrogen) atoms. The van der Waals surface area contributed by atoms with Crippen LogP contribution in [-0.2, 0) is 6.18 Å². The Morgan fingerprint density at radius 1 is 0.865 bits per heavy atom. The first-order chi connectivity index (χ1) is 17.6. The maximum Gasteiger partial charge on any atom is 0.416 e. The van der Waals surface area contributed by atoms with Crippen molar-refractivity contribution in [3.8, 4) is 22.7 Å². The number of hydrogen-bond acceptors (Lipinski definition) is 5. The van der Waals surface area contributed by atoms with Crippen LogP contribution in [0.3, 0.4) is 0 Å². The first-order valence-electron chi connectivity index (χ1n) is 10.8. The van der Waals surface area contributed by atoms with Crippen LogP contribution in [0.5, 0.6) is 5.75 Å². The van der Waals surface area contributed by atoms with Crippen molar-refractivity contribution in [1.82, 2.24) is 4.57 Å². The van der Waals surface area contributed by atoms with Crippen LogP contribution < -0.4 is 11.2 Å². The summed E-state index contributed by atoms with van der Waals surface area (Å²) >= 11 is 0.545. The highest BCUT2D eigenvalue weighted by Gasteiger charge is 2.31. The zero-order valence-corrected chi connectivity index (χ0v) is 19.4. The Bertz CT molecular complexity index is 1740. The normalized spacial score (nSPS) is 11.7. The number of halogens is 4. The lowest BCUT2D eigenvalue weighted by Gasteiger charge is -2.15. The minimum Gasteiger partial charge on any atom is -0.505 e. The van der Waals surface area contributed by atoms with Crippen LogP contribution >= 0.6 is 11.8 Å². The molecule has 2 heterocycles. The Hall–Kier alpha value is -4.31. The van der Waals surface area contributed by atoms with Crippen molar-refractivity contribution in [1.29, 1.82) is 0 Å². The summed E-state index contributed by atoms with van der Waals surface area (Å²) in [7, 11) is 0. The zero-order chi connectivity index (χ0) is 26.3. The highest BCUT2D eigenvalue weighted by Crippen LogP contribution is 2.38. The number of rotatable bonds is 4. The molecule has 1 N–H and O–H groups in total. The molecule has 0 aliphatic heterocycles. The summed E-state index contributed by atoms with van der Waals surface area (Å²) < 4.78 is 59.6. The van der Waals surface area contributed by atoms with Gasteiger partial charge in [0.1, 0.15) is 21.7 Å². The topological polar surface area (TPSA) is 72.4 Å². The SMILES string of the molecule is O=c1oc2cc(-c3ccccc3)n(-c3ccc(F)cc3)c(=O)c2c(O)c1Sc1cccc(C(F)(F)F)c1. The Balaban J connectivity index is 1.75. The molecule has 5 rings (SSSR count).